The first kappa shape index (κ1) is 24.4. The van der Waals surface area contributed by atoms with Crippen LogP contribution in [0.25, 0.3) is 54.1 Å². The summed E-state index contributed by atoms with van der Waals surface area (Å²) in [7, 11) is -1.67. The average molecular weight is 820 g/mol. The monoisotopic (exact) mass is 820 g/mol. The summed E-state index contributed by atoms with van der Waals surface area (Å²) in [5.41, 5.74) is 4.33. The van der Waals surface area contributed by atoms with Gasteiger partial charge in [-0.15, -0.1) is 59.7 Å². The predicted molar refractivity (Wildman–Crippen MR) is 195 cm³/mol. The molecule has 1 radical (unpaired) electrons. The summed E-state index contributed by atoms with van der Waals surface area (Å²) >= 11 is 1.42. The number of fused-ring (bicyclic) bond motifs is 3. The van der Waals surface area contributed by atoms with Gasteiger partial charge in [0.2, 0.25) is 0 Å². The minimum absolute atomic E-state index is 0. The fourth-order valence-electron chi connectivity index (χ4n) is 4.97. The van der Waals surface area contributed by atoms with Gasteiger partial charge in [0.1, 0.15) is 4.83 Å². The van der Waals surface area contributed by atoms with E-state index in [1.54, 1.807) is 24.4 Å². The second kappa shape index (κ2) is 14.7. The van der Waals surface area contributed by atoms with E-state index >= 15 is 0 Å². The topological polar surface area (TPSA) is 38.7 Å². The van der Waals surface area contributed by atoms with E-state index in [1.807, 2.05) is 68.6 Å². The Balaban J connectivity index is 0.000000217. The molecule has 0 unspecified atom stereocenters. The Morgan fingerprint density at radius 1 is 0.848 bits per heavy atom. The maximum atomic E-state index is 8.55. The van der Waals surface area contributed by atoms with Crippen LogP contribution in [0.4, 0.5) is 0 Å². The zero-order valence-corrected chi connectivity index (χ0v) is 30.4. The van der Waals surface area contributed by atoms with Crippen LogP contribution in [-0.4, -0.2) is 23.0 Å². The van der Waals surface area contributed by atoms with Crippen LogP contribution in [0.2, 0.25) is 19.6 Å². The number of rotatable bonds is 6. The molecule has 7 rings (SSSR count). The first-order valence-corrected chi connectivity index (χ1v) is 19.0. The molecule has 0 aliphatic heterocycles. The van der Waals surface area contributed by atoms with Crippen LogP contribution < -0.4 is 5.19 Å². The van der Waals surface area contributed by atoms with Crippen molar-refractivity contribution in [3.05, 3.63) is 133 Å². The molecule has 233 valence electrons. The van der Waals surface area contributed by atoms with Crippen molar-refractivity contribution in [3.8, 4) is 33.8 Å². The SMILES string of the molecule is [2H]C([2H])(c1cc(-c2[c-]cccc2)ncc1[Si](C)(C)C)C(C)C.[2H]c1ccnc(-c2[c-]ccc3c2sc2nc(-c4c([2H])c([2H])c([2H])c([2H])c4[2H])ccc23)c1.[Ir]. The molecular formula is C40H37IrN3SSi-2. The van der Waals surface area contributed by atoms with Gasteiger partial charge >= 0.3 is 0 Å². The van der Waals surface area contributed by atoms with Crippen LogP contribution in [0.15, 0.2) is 115 Å². The van der Waals surface area contributed by atoms with Gasteiger partial charge in [-0.1, -0.05) is 98.9 Å². The summed E-state index contributed by atoms with van der Waals surface area (Å²) in [5.74, 6) is -0.0856. The Morgan fingerprint density at radius 2 is 1.67 bits per heavy atom. The molecule has 0 saturated carbocycles. The van der Waals surface area contributed by atoms with Crippen LogP contribution in [0.1, 0.15) is 30.4 Å². The van der Waals surface area contributed by atoms with Crippen molar-refractivity contribution in [2.24, 2.45) is 5.92 Å². The molecule has 0 amide bonds. The smallest absolute Gasteiger partial charge is 0.114 e. The first-order chi connectivity index (χ1) is 25.0. The Kier molecular flexibility index (Phi) is 7.81. The number of hydrogen-bond acceptors (Lipinski definition) is 4. The minimum atomic E-state index is -1.67. The molecule has 4 heterocycles. The van der Waals surface area contributed by atoms with Crippen molar-refractivity contribution in [1.82, 2.24) is 15.0 Å². The second-order valence-electron chi connectivity index (χ2n) is 11.8. The molecule has 3 aromatic carbocycles. The molecule has 0 spiro atoms. The summed E-state index contributed by atoms with van der Waals surface area (Å²) in [6.45, 7) is 10.6. The van der Waals surface area contributed by atoms with Crippen molar-refractivity contribution in [3.63, 3.8) is 0 Å². The Morgan fingerprint density at radius 3 is 2.39 bits per heavy atom. The average Bonchev–Trinajstić information content (AvgIpc) is 3.51. The van der Waals surface area contributed by atoms with Gasteiger partial charge in [0.05, 0.1) is 22.0 Å². The van der Waals surface area contributed by atoms with Crippen molar-refractivity contribution in [2.75, 3.05) is 0 Å². The number of nitrogens with zero attached hydrogens (tertiary/aromatic N) is 3. The largest absolute Gasteiger partial charge is 0.305 e. The van der Waals surface area contributed by atoms with Crippen LogP contribution in [0.5, 0.6) is 0 Å². The van der Waals surface area contributed by atoms with E-state index < -0.39 is 20.5 Å². The molecule has 6 heteroatoms. The maximum absolute atomic E-state index is 8.55. The van der Waals surface area contributed by atoms with E-state index in [2.05, 4.69) is 46.7 Å². The third-order valence-electron chi connectivity index (χ3n) is 7.06. The van der Waals surface area contributed by atoms with Crippen LogP contribution in [0.3, 0.4) is 0 Å². The van der Waals surface area contributed by atoms with Crippen molar-refractivity contribution in [2.45, 2.75) is 39.9 Å². The van der Waals surface area contributed by atoms with Gasteiger partial charge in [-0.25, -0.2) is 4.98 Å². The van der Waals surface area contributed by atoms with Gasteiger partial charge in [-0.2, -0.15) is 11.3 Å². The molecule has 4 aromatic heterocycles. The number of benzene rings is 3. The molecule has 0 aliphatic rings. The minimum Gasteiger partial charge on any atom is -0.305 e. The van der Waals surface area contributed by atoms with E-state index in [0.717, 1.165) is 43.0 Å². The summed E-state index contributed by atoms with van der Waals surface area (Å²) in [5, 5.41) is 2.96. The predicted octanol–water partition coefficient (Wildman–Crippen LogP) is 10.3. The van der Waals surface area contributed by atoms with Gasteiger partial charge < -0.3 is 9.97 Å². The quantitative estimate of drug-likeness (QED) is 0.124. The molecule has 3 nitrogen and oxygen atoms in total. The Labute approximate surface area is 302 Å². The van der Waals surface area contributed by atoms with E-state index in [0.29, 0.717) is 22.3 Å². The summed E-state index contributed by atoms with van der Waals surface area (Å²) < 4.78 is 65.9. The molecule has 0 aliphatic carbocycles. The molecule has 0 fully saturated rings. The molecule has 0 saturated heterocycles. The molecule has 0 bridgehead atoms. The van der Waals surface area contributed by atoms with Crippen LogP contribution in [0, 0.1) is 18.1 Å². The number of hydrogen-bond donors (Lipinski definition) is 0. The summed E-state index contributed by atoms with van der Waals surface area (Å²) in [4.78, 5) is 14.3. The van der Waals surface area contributed by atoms with Gasteiger partial charge in [-0.3, -0.25) is 0 Å². The Hall–Kier alpha value is -3.80. The standard InChI is InChI=1S/C22H13N2S.C18H24NSi.Ir/c1-2-7-15(8-3-1)19-13-12-17-16-9-6-10-18(20-11-4-5-14-23-20)21(16)25-22(17)24-19;1-14(2)11-16-12-17(15-9-7-6-8-10-15)19-13-18(16)20(3,4)5;/h1-9,11-14H;6-9,12-14H,11H2,1-5H3;/q2*-1;/i1D,2D,3D,4D,7D,8D;11D2;. The maximum Gasteiger partial charge on any atom is 0.114 e. The normalized spacial score (nSPS) is 14.0. The van der Waals surface area contributed by atoms with E-state index in [-0.39, 0.29) is 55.8 Å². The molecule has 7 aromatic rings. The summed E-state index contributed by atoms with van der Waals surface area (Å²) in [6.07, 6.45) is 2.12. The number of aromatic nitrogens is 3. The van der Waals surface area contributed by atoms with Gasteiger partial charge in [0.25, 0.3) is 0 Å². The van der Waals surface area contributed by atoms with Crippen molar-refractivity contribution in [1.29, 1.82) is 0 Å². The van der Waals surface area contributed by atoms with Crippen LogP contribution in [-0.2, 0) is 26.5 Å². The van der Waals surface area contributed by atoms with Gasteiger partial charge in [0, 0.05) is 40.8 Å². The van der Waals surface area contributed by atoms with Crippen molar-refractivity contribution < 1.29 is 31.1 Å². The molecule has 0 atom stereocenters. The zero-order valence-electron chi connectivity index (χ0n) is 34.2. The fourth-order valence-corrected chi connectivity index (χ4v) is 7.56. The van der Waals surface area contributed by atoms with Gasteiger partial charge in [0.15, 0.2) is 0 Å². The first-order valence-electron chi connectivity index (χ1n) is 18.7. The molecule has 46 heavy (non-hydrogen) atoms. The summed E-state index contributed by atoms with van der Waals surface area (Å²) in [6, 6.07) is 25.2. The molecular weight excluding hydrogens is 775 g/mol. The molecule has 0 N–H and O–H groups in total. The van der Waals surface area contributed by atoms with E-state index in [9.17, 15) is 0 Å². The third-order valence-corrected chi connectivity index (χ3v) is 10.2. The van der Waals surface area contributed by atoms with Gasteiger partial charge in [-0.05, 0) is 51.1 Å². The number of pyridine rings is 3. The third kappa shape index (κ3) is 7.59. The van der Waals surface area contributed by atoms with E-state index in [1.165, 1.54) is 11.3 Å². The second-order valence-corrected chi connectivity index (χ2v) is 17.9. The van der Waals surface area contributed by atoms with Crippen LogP contribution >= 0.6 is 11.3 Å². The van der Waals surface area contributed by atoms with E-state index in [4.69, 9.17) is 11.0 Å². The zero-order chi connectivity index (χ0) is 38.4. The van der Waals surface area contributed by atoms with Crippen molar-refractivity contribution >= 4 is 44.9 Å². The Bertz CT molecular complexity index is 2460. The number of thiophene rings is 1. The fraction of sp³-hybridized carbons (Fsp3) is 0.175.